The largest absolute Gasteiger partial charge is 0.324 e. The van der Waals surface area contributed by atoms with Crippen LogP contribution in [-0.4, -0.2) is 33.6 Å². The maximum Gasteiger partial charge on any atom is 0.274 e. The number of hydrogen-bond donors (Lipinski definition) is 1. The summed E-state index contributed by atoms with van der Waals surface area (Å²) in [6.45, 7) is 2.95. The van der Waals surface area contributed by atoms with Crippen molar-refractivity contribution in [2.45, 2.75) is 19.9 Å². The van der Waals surface area contributed by atoms with Crippen LogP contribution in [0, 0.1) is 17.0 Å². The molecule has 0 saturated carbocycles. The molecule has 1 atom stereocenters. The quantitative estimate of drug-likeness (QED) is 0.458. The van der Waals surface area contributed by atoms with Crippen molar-refractivity contribution in [3.63, 3.8) is 0 Å². The standard InChI is InChI=1S/C18H13Cl2N3O5/c1-8-3-4-10(5-15(8)23(27)28)21-16(24)9(2)22-17(25)11-6-13(19)14(20)7-12(11)18(22)26/h3-7,9H,1-2H3,(H,21,24)/t9-/m0/s1. The third-order valence-corrected chi connectivity index (χ3v) is 5.12. The van der Waals surface area contributed by atoms with E-state index in [0.29, 0.717) is 5.56 Å². The minimum atomic E-state index is -1.16. The monoisotopic (exact) mass is 421 g/mol. The summed E-state index contributed by atoms with van der Waals surface area (Å²) >= 11 is 11.8. The van der Waals surface area contributed by atoms with Gasteiger partial charge in [-0.25, -0.2) is 0 Å². The number of aryl methyl sites for hydroxylation is 1. The van der Waals surface area contributed by atoms with Gasteiger partial charge in [-0.2, -0.15) is 0 Å². The first-order valence-electron chi connectivity index (χ1n) is 8.04. The highest BCUT2D eigenvalue weighted by molar-refractivity contribution is 6.43. The summed E-state index contributed by atoms with van der Waals surface area (Å²) in [6, 6.07) is 5.60. The molecule has 0 aliphatic carbocycles. The van der Waals surface area contributed by atoms with E-state index < -0.39 is 28.7 Å². The van der Waals surface area contributed by atoms with Gasteiger partial charge in [-0.05, 0) is 32.0 Å². The van der Waals surface area contributed by atoms with Gasteiger partial charge in [0.05, 0.1) is 26.1 Å². The highest BCUT2D eigenvalue weighted by Crippen LogP contribution is 2.32. The minimum Gasteiger partial charge on any atom is -0.324 e. The molecule has 3 rings (SSSR count). The van der Waals surface area contributed by atoms with Gasteiger partial charge in [-0.1, -0.05) is 29.3 Å². The Balaban J connectivity index is 1.85. The molecule has 0 unspecified atom stereocenters. The van der Waals surface area contributed by atoms with Crippen molar-refractivity contribution in [3.8, 4) is 0 Å². The molecule has 0 bridgehead atoms. The predicted molar refractivity (Wildman–Crippen MR) is 103 cm³/mol. The average Bonchev–Trinajstić information content (AvgIpc) is 2.86. The van der Waals surface area contributed by atoms with E-state index in [1.54, 1.807) is 6.92 Å². The first kappa shape index (κ1) is 19.8. The lowest BCUT2D eigenvalue weighted by atomic mass is 10.1. The first-order chi connectivity index (χ1) is 13.1. The molecule has 8 nitrogen and oxygen atoms in total. The fourth-order valence-corrected chi connectivity index (χ4v) is 3.18. The van der Waals surface area contributed by atoms with E-state index in [-0.39, 0.29) is 32.5 Å². The molecular formula is C18H13Cl2N3O5. The third kappa shape index (κ3) is 3.32. The van der Waals surface area contributed by atoms with Crippen molar-refractivity contribution in [2.75, 3.05) is 5.32 Å². The third-order valence-electron chi connectivity index (χ3n) is 4.40. The van der Waals surface area contributed by atoms with Crippen LogP contribution in [0.25, 0.3) is 0 Å². The van der Waals surface area contributed by atoms with Gasteiger partial charge in [0.1, 0.15) is 6.04 Å². The molecule has 1 aliphatic rings. The fourth-order valence-electron chi connectivity index (χ4n) is 2.85. The van der Waals surface area contributed by atoms with Gasteiger partial charge in [-0.15, -0.1) is 0 Å². The molecule has 3 amide bonds. The molecule has 0 fully saturated rings. The number of fused-ring (bicyclic) bond motifs is 1. The van der Waals surface area contributed by atoms with Crippen molar-refractivity contribution in [2.24, 2.45) is 0 Å². The van der Waals surface area contributed by atoms with Crippen LogP contribution in [0.2, 0.25) is 10.0 Å². The van der Waals surface area contributed by atoms with Gasteiger partial charge in [-0.3, -0.25) is 29.4 Å². The second-order valence-corrected chi connectivity index (χ2v) is 7.03. The number of nitro groups is 1. The number of amides is 3. The summed E-state index contributed by atoms with van der Waals surface area (Å²) in [6.07, 6.45) is 0. The van der Waals surface area contributed by atoms with E-state index in [2.05, 4.69) is 5.32 Å². The van der Waals surface area contributed by atoms with Crippen molar-refractivity contribution in [3.05, 3.63) is 67.2 Å². The molecular weight excluding hydrogens is 409 g/mol. The highest BCUT2D eigenvalue weighted by Gasteiger charge is 2.41. The first-order valence-corrected chi connectivity index (χ1v) is 8.80. The number of benzene rings is 2. The molecule has 0 aromatic heterocycles. The van der Waals surface area contributed by atoms with Crippen LogP contribution in [0.4, 0.5) is 11.4 Å². The molecule has 0 radical (unpaired) electrons. The predicted octanol–water partition coefficient (Wildman–Crippen LogP) is 3.83. The number of nitrogens with one attached hydrogen (secondary N) is 1. The van der Waals surface area contributed by atoms with Crippen LogP contribution >= 0.6 is 23.2 Å². The Hall–Kier alpha value is -2.97. The number of imide groups is 1. The Morgan fingerprint density at radius 2 is 1.64 bits per heavy atom. The van der Waals surface area contributed by atoms with Gasteiger partial charge in [0.15, 0.2) is 0 Å². The Morgan fingerprint density at radius 3 is 2.14 bits per heavy atom. The molecule has 1 aliphatic heterocycles. The lowest BCUT2D eigenvalue weighted by molar-refractivity contribution is -0.385. The van der Waals surface area contributed by atoms with Gasteiger partial charge in [0, 0.05) is 17.3 Å². The molecule has 0 saturated heterocycles. The molecule has 2 aromatic carbocycles. The summed E-state index contributed by atoms with van der Waals surface area (Å²) in [7, 11) is 0. The molecule has 1 heterocycles. The lowest BCUT2D eigenvalue weighted by Crippen LogP contribution is -2.45. The number of nitrogens with zero attached hydrogens (tertiary/aromatic N) is 2. The van der Waals surface area contributed by atoms with Crippen molar-refractivity contribution in [1.82, 2.24) is 4.90 Å². The summed E-state index contributed by atoms with van der Waals surface area (Å²) in [5.74, 6) is -2.02. The van der Waals surface area contributed by atoms with Crippen LogP contribution in [0.5, 0.6) is 0 Å². The molecule has 28 heavy (non-hydrogen) atoms. The number of hydrogen-bond acceptors (Lipinski definition) is 5. The van der Waals surface area contributed by atoms with Gasteiger partial charge in [0.25, 0.3) is 17.5 Å². The maximum absolute atomic E-state index is 12.6. The van der Waals surface area contributed by atoms with Crippen LogP contribution < -0.4 is 5.32 Å². The maximum atomic E-state index is 12.6. The van der Waals surface area contributed by atoms with Crippen LogP contribution in [0.15, 0.2) is 30.3 Å². The van der Waals surface area contributed by atoms with Crippen molar-refractivity contribution < 1.29 is 19.3 Å². The minimum absolute atomic E-state index is 0.0602. The summed E-state index contributed by atoms with van der Waals surface area (Å²) in [4.78, 5) is 49.0. The number of anilines is 1. The van der Waals surface area contributed by atoms with Crippen LogP contribution in [0.1, 0.15) is 33.2 Å². The SMILES string of the molecule is Cc1ccc(NC(=O)[C@H](C)N2C(=O)c3cc(Cl)c(Cl)cc3C2=O)cc1[N+](=O)[O-]. The Kier molecular flexibility index (Phi) is 5.10. The highest BCUT2D eigenvalue weighted by atomic mass is 35.5. The van der Waals surface area contributed by atoms with Gasteiger partial charge < -0.3 is 5.32 Å². The summed E-state index contributed by atoms with van der Waals surface area (Å²) < 4.78 is 0. The van der Waals surface area contributed by atoms with E-state index >= 15 is 0 Å². The van der Waals surface area contributed by atoms with Crippen molar-refractivity contribution in [1.29, 1.82) is 0 Å². The zero-order chi connectivity index (χ0) is 20.7. The molecule has 0 spiro atoms. The molecule has 144 valence electrons. The Labute approximate surface area is 169 Å². The Morgan fingerprint density at radius 1 is 1.11 bits per heavy atom. The molecule has 10 heteroatoms. The average molecular weight is 422 g/mol. The fraction of sp³-hybridized carbons (Fsp3) is 0.167. The number of nitro benzene ring substituents is 1. The van der Waals surface area contributed by atoms with E-state index in [1.165, 1.54) is 37.3 Å². The van der Waals surface area contributed by atoms with E-state index in [0.717, 1.165) is 4.90 Å². The van der Waals surface area contributed by atoms with Crippen LogP contribution in [0.3, 0.4) is 0 Å². The summed E-state index contributed by atoms with van der Waals surface area (Å²) in [5.41, 5.74) is 0.576. The number of carbonyl (C=O) groups is 3. The van der Waals surface area contributed by atoms with E-state index in [1.807, 2.05) is 0 Å². The smallest absolute Gasteiger partial charge is 0.274 e. The number of rotatable bonds is 4. The number of halogens is 2. The molecule has 2 aromatic rings. The zero-order valence-electron chi connectivity index (χ0n) is 14.7. The topological polar surface area (TPSA) is 110 Å². The number of carbonyl (C=O) groups excluding carboxylic acids is 3. The summed E-state index contributed by atoms with van der Waals surface area (Å²) in [5, 5.41) is 13.8. The van der Waals surface area contributed by atoms with Crippen molar-refractivity contribution >= 4 is 52.3 Å². The van der Waals surface area contributed by atoms with Crippen LogP contribution in [-0.2, 0) is 4.79 Å². The van der Waals surface area contributed by atoms with Gasteiger partial charge >= 0.3 is 0 Å². The zero-order valence-corrected chi connectivity index (χ0v) is 16.2. The van der Waals surface area contributed by atoms with Gasteiger partial charge in [0.2, 0.25) is 5.91 Å². The van der Waals surface area contributed by atoms with E-state index in [9.17, 15) is 24.5 Å². The second-order valence-electron chi connectivity index (χ2n) is 6.22. The lowest BCUT2D eigenvalue weighted by Gasteiger charge is -2.21. The Bertz CT molecular complexity index is 1010. The second kappa shape index (κ2) is 7.21. The van der Waals surface area contributed by atoms with E-state index in [4.69, 9.17) is 23.2 Å². The molecule has 1 N–H and O–H groups in total. The normalized spacial score (nSPS) is 14.1.